The molecule has 3 aromatic rings. The quantitative estimate of drug-likeness (QED) is 0.151. The van der Waals surface area contributed by atoms with E-state index in [0.717, 1.165) is 17.0 Å². The number of carbonyl (C=O) groups excluding carboxylic acids is 1. The van der Waals surface area contributed by atoms with E-state index >= 15 is 0 Å². The molecule has 0 bridgehead atoms. The highest BCUT2D eigenvalue weighted by molar-refractivity contribution is 5.91. The average Bonchev–Trinajstić information content (AvgIpc) is 3.03. The third kappa shape index (κ3) is 9.21. The molecule has 18 heteroatoms. The second-order valence-corrected chi connectivity index (χ2v) is 11.7. The van der Waals surface area contributed by atoms with E-state index in [2.05, 4.69) is 4.98 Å². The summed E-state index contributed by atoms with van der Waals surface area (Å²) in [6.07, 6.45) is -16.7. The lowest BCUT2D eigenvalue weighted by Crippen LogP contribution is -2.61. The van der Waals surface area contributed by atoms with Gasteiger partial charge in [0.1, 0.15) is 24.6 Å². The van der Waals surface area contributed by atoms with E-state index < -0.39 is 83.9 Å². The Morgan fingerprint density at radius 3 is 2.10 bits per heavy atom. The van der Waals surface area contributed by atoms with Crippen LogP contribution in [0.15, 0.2) is 48.7 Å². The number of methoxy groups -OCH3 is 1. The van der Waals surface area contributed by atoms with Crippen LogP contribution >= 0.6 is 0 Å². The summed E-state index contributed by atoms with van der Waals surface area (Å²) < 4.78 is 140. The van der Waals surface area contributed by atoms with Crippen LogP contribution in [-0.4, -0.2) is 54.7 Å². The number of ether oxygens (including phenoxy) is 3. The molecule has 1 amide bonds. The van der Waals surface area contributed by atoms with Crippen LogP contribution in [-0.2, 0) is 39.2 Å². The maximum atomic E-state index is 14.0. The first-order valence-electron chi connectivity index (χ1n) is 15.3. The fraction of sp³-hybridized carbons (Fsp3) is 0.424. The number of nitrogens with zero attached hydrogens (tertiary/aromatic N) is 2. The maximum absolute atomic E-state index is 14.0. The lowest BCUT2D eigenvalue weighted by Gasteiger charge is -2.47. The molecule has 4 rings (SSSR count). The van der Waals surface area contributed by atoms with Crippen molar-refractivity contribution in [1.29, 1.82) is 0 Å². The molecule has 2 heterocycles. The molecule has 1 aliphatic rings. The third-order valence-corrected chi connectivity index (χ3v) is 8.22. The number of rotatable bonds is 11. The monoisotopic (exact) mass is 737 g/mol. The Labute approximate surface area is 285 Å². The van der Waals surface area contributed by atoms with Crippen molar-refractivity contribution in [3.63, 3.8) is 0 Å². The summed E-state index contributed by atoms with van der Waals surface area (Å²) in [5.74, 6) is -2.46. The fourth-order valence-electron chi connectivity index (χ4n) is 5.74. The van der Waals surface area contributed by atoms with Crippen molar-refractivity contribution in [2.45, 2.75) is 62.7 Å². The Balaban J connectivity index is 1.94. The number of carboxylic acids is 1. The molecular weight excluding hydrogens is 705 g/mol. The Morgan fingerprint density at radius 1 is 0.922 bits per heavy atom. The van der Waals surface area contributed by atoms with Crippen LogP contribution in [0, 0.1) is 0 Å². The van der Waals surface area contributed by atoms with E-state index in [1.54, 1.807) is 6.92 Å². The van der Waals surface area contributed by atoms with Crippen LogP contribution in [0.5, 0.6) is 5.75 Å². The van der Waals surface area contributed by atoms with E-state index in [0.29, 0.717) is 18.2 Å². The van der Waals surface area contributed by atoms with Crippen molar-refractivity contribution in [1.82, 2.24) is 4.98 Å². The predicted octanol–water partition coefficient (Wildman–Crippen LogP) is 7.77. The van der Waals surface area contributed by atoms with Gasteiger partial charge in [0.2, 0.25) is 0 Å². The highest BCUT2D eigenvalue weighted by Gasteiger charge is 2.47. The number of aromatic nitrogens is 1. The van der Waals surface area contributed by atoms with Gasteiger partial charge < -0.3 is 25.1 Å². The zero-order chi connectivity index (χ0) is 37.9. The van der Waals surface area contributed by atoms with E-state index in [-0.39, 0.29) is 60.4 Å². The number of halogens is 9. The number of benzene rings is 2. The number of hydrogen-bond acceptors (Lipinski definition) is 7. The molecule has 278 valence electrons. The molecule has 0 saturated carbocycles. The number of fused-ring (bicyclic) bond motifs is 1. The molecule has 1 aromatic heterocycles. The number of aliphatic carboxylic acids is 1. The number of carboxylic acid groups (broad SMARTS) is 1. The Morgan fingerprint density at radius 2 is 1.55 bits per heavy atom. The van der Waals surface area contributed by atoms with E-state index in [1.165, 1.54) is 19.4 Å². The molecule has 0 saturated heterocycles. The minimum atomic E-state index is -5.15. The van der Waals surface area contributed by atoms with Gasteiger partial charge in [-0.1, -0.05) is 6.92 Å². The number of alkyl halides is 9. The van der Waals surface area contributed by atoms with Crippen LogP contribution in [0.1, 0.15) is 71.2 Å². The highest BCUT2D eigenvalue weighted by atomic mass is 19.4. The van der Waals surface area contributed by atoms with Gasteiger partial charge in [0.15, 0.2) is 0 Å². The standard InChI is InChI=1S/C33H32F9N3O6/c1-3-30(43)16-25(24-15-20(31(34,35)36)4-5-26(24)45(30)29(48)51-7-6-27(46)47)28-19(13-23(17-44-28)50-9-8-49-2)10-18-11-21(32(37,38)39)14-22(12-18)33(40,41)42/h4-5,11-15,17,25H,3,6-10,16,43H2,1-2H3,(H,46,47)/t25-,30+/m0/s1. The molecule has 9 nitrogen and oxygen atoms in total. The van der Waals surface area contributed by atoms with Gasteiger partial charge in [-0.3, -0.25) is 14.7 Å². The first kappa shape index (κ1) is 39.2. The second kappa shape index (κ2) is 15.0. The summed E-state index contributed by atoms with van der Waals surface area (Å²) in [5, 5.41) is 8.96. The van der Waals surface area contributed by atoms with Gasteiger partial charge in [0.25, 0.3) is 0 Å². The average molecular weight is 738 g/mol. The maximum Gasteiger partial charge on any atom is 0.416 e. The molecule has 51 heavy (non-hydrogen) atoms. The molecule has 0 unspecified atom stereocenters. The minimum Gasteiger partial charge on any atom is -0.490 e. The number of nitrogens with two attached hydrogens (primary N) is 1. The van der Waals surface area contributed by atoms with E-state index in [4.69, 9.17) is 25.1 Å². The van der Waals surface area contributed by atoms with Gasteiger partial charge in [-0.25, -0.2) is 4.79 Å². The van der Waals surface area contributed by atoms with Gasteiger partial charge in [0.05, 0.1) is 47.3 Å². The van der Waals surface area contributed by atoms with Crippen LogP contribution < -0.4 is 15.4 Å². The number of pyridine rings is 1. The molecule has 0 radical (unpaired) electrons. The van der Waals surface area contributed by atoms with Crippen LogP contribution in [0.3, 0.4) is 0 Å². The largest absolute Gasteiger partial charge is 0.490 e. The summed E-state index contributed by atoms with van der Waals surface area (Å²) in [6.45, 7) is 1.05. The number of amides is 1. The van der Waals surface area contributed by atoms with Gasteiger partial charge in [-0.15, -0.1) is 0 Å². The van der Waals surface area contributed by atoms with Crippen molar-refractivity contribution < 1.29 is 68.4 Å². The van der Waals surface area contributed by atoms with Gasteiger partial charge in [-0.2, -0.15) is 39.5 Å². The SMILES string of the molecule is CC[C@]1(N)C[C@H](c2ncc(OCCOC)cc2Cc2cc(C(F)(F)F)cc(C(F)(F)F)c2)c2cc(C(F)(F)F)ccc2N1C(=O)OCCC(=O)O. The van der Waals surface area contributed by atoms with Crippen molar-refractivity contribution in [2.24, 2.45) is 5.73 Å². The molecule has 0 aliphatic carbocycles. The third-order valence-electron chi connectivity index (χ3n) is 8.22. The van der Waals surface area contributed by atoms with Crippen LogP contribution in [0.4, 0.5) is 50.0 Å². The first-order chi connectivity index (χ1) is 23.7. The molecule has 2 atom stereocenters. The Kier molecular flexibility index (Phi) is 11.5. The Hall–Kier alpha value is -4.58. The smallest absolute Gasteiger partial charge is 0.416 e. The number of hydrogen-bond donors (Lipinski definition) is 2. The molecule has 2 aromatic carbocycles. The number of anilines is 1. The molecule has 0 fully saturated rings. The topological polar surface area (TPSA) is 124 Å². The zero-order valence-corrected chi connectivity index (χ0v) is 27.0. The zero-order valence-electron chi connectivity index (χ0n) is 27.0. The van der Waals surface area contributed by atoms with Crippen molar-refractivity contribution >= 4 is 17.7 Å². The lowest BCUT2D eigenvalue weighted by molar-refractivity contribution is -0.143. The summed E-state index contributed by atoms with van der Waals surface area (Å²) >= 11 is 0. The summed E-state index contributed by atoms with van der Waals surface area (Å²) in [4.78, 5) is 29.6. The Bertz CT molecular complexity index is 1710. The van der Waals surface area contributed by atoms with Gasteiger partial charge in [-0.05, 0) is 78.4 Å². The molecule has 1 aliphatic heterocycles. The minimum absolute atomic E-state index is 0.00154. The molecule has 0 spiro atoms. The lowest BCUT2D eigenvalue weighted by atomic mass is 9.77. The van der Waals surface area contributed by atoms with Crippen molar-refractivity contribution in [3.05, 3.63) is 87.7 Å². The van der Waals surface area contributed by atoms with Crippen LogP contribution in [0.2, 0.25) is 0 Å². The van der Waals surface area contributed by atoms with Gasteiger partial charge >= 0.3 is 30.6 Å². The number of carbonyl (C=O) groups is 2. The summed E-state index contributed by atoms with van der Waals surface area (Å²) in [6, 6.07) is 4.74. The molecular formula is C33H32F9N3O6. The van der Waals surface area contributed by atoms with Crippen molar-refractivity contribution in [2.75, 3.05) is 31.8 Å². The fourth-order valence-corrected chi connectivity index (χ4v) is 5.74. The van der Waals surface area contributed by atoms with Crippen molar-refractivity contribution in [3.8, 4) is 5.75 Å². The van der Waals surface area contributed by atoms with Crippen LogP contribution in [0.25, 0.3) is 0 Å². The predicted molar refractivity (Wildman–Crippen MR) is 162 cm³/mol. The highest BCUT2D eigenvalue weighted by Crippen LogP contribution is 2.49. The van der Waals surface area contributed by atoms with E-state index in [9.17, 15) is 49.1 Å². The second-order valence-electron chi connectivity index (χ2n) is 11.7. The van der Waals surface area contributed by atoms with Gasteiger partial charge in [0, 0.05) is 13.0 Å². The summed E-state index contributed by atoms with van der Waals surface area (Å²) in [5.41, 5.74) is -0.0704. The normalized spacial score (nSPS) is 18.0. The summed E-state index contributed by atoms with van der Waals surface area (Å²) in [7, 11) is 1.38. The molecule has 3 N–H and O–H groups in total. The van der Waals surface area contributed by atoms with E-state index in [1.807, 2.05) is 0 Å². The first-order valence-corrected chi connectivity index (χ1v) is 15.3.